The lowest BCUT2D eigenvalue weighted by molar-refractivity contribution is -0.154. The number of hydrogen-bond acceptors (Lipinski definition) is 2. The maximum atomic E-state index is 12.3. The zero-order valence-electron chi connectivity index (χ0n) is 11.8. The molecule has 1 aromatic carbocycles. The van der Waals surface area contributed by atoms with Gasteiger partial charge in [0.15, 0.2) is 0 Å². The molecular weight excluding hydrogens is 254 g/mol. The van der Waals surface area contributed by atoms with Crippen LogP contribution >= 0.6 is 0 Å². The Bertz CT molecular complexity index is 472. The van der Waals surface area contributed by atoms with Gasteiger partial charge in [-0.25, -0.2) is 4.79 Å². The van der Waals surface area contributed by atoms with Crippen LogP contribution in [0.15, 0.2) is 30.3 Å². The third kappa shape index (κ3) is 3.38. The lowest BCUT2D eigenvalue weighted by Crippen LogP contribution is -2.51. The Kier molecular flexibility index (Phi) is 4.77. The molecule has 20 heavy (non-hydrogen) atoms. The zero-order chi connectivity index (χ0) is 14.5. The molecule has 4 nitrogen and oxygen atoms in total. The molecule has 2 unspecified atom stereocenters. The Balaban J connectivity index is 1.98. The third-order valence-electron chi connectivity index (χ3n) is 3.98. The molecule has 1 aliphatic heterocycles. The highest BCUT2D eigenvalue weighted by atomic mass is 16.4. The van der Waals surface area contributed by atoms with E-state index in [1.165, 1.54) is 0 Å². The minimum Gasteiger partial charge on any atom is -0.480 e. The van der Waals surface area contributed by atoms with E-state index in [9.17, 15) is 14.7 Å². The molecule has 1 amide bonds. The van der Waals surface area contributed by atoms with E-state index >= 15 is 0 Å². The molecule has 1 heterocycles. The van der Waals surface area contributed by atoms with Crippen LogP contribution in [0.1, 0.15) is 31.7 Å². The number of aliphatic carboxylic acids is 1. The van der Waals surface area contributed by atoms with Crippen molar-refractivity contribution in [1.82, 2.24) is 4.90 Å². The maximum absolute atomic E-state index is 12.3. The average molecular weight is 275 g/mol. The first-order valence-corrected chi connectivity index (χ1v) is 7.16. The number of carbonyl (C=O) groups excluding carboxylic acids is 1. The zero-order valence-corrected chi connectivity index (χ0v) is 11.8. The van der Waals surface area contributed by atoms with Gasteiger partial charge in [-0.15, -0.1) is 0 Å². The summed E-state index contributed by atoms with van der Waals surface area (Å²) in [4.78, 5) is 25.2. The van der Waals surface area contributed by atoms with E-state index in [0.29, 0.717) is 19.4 Å². The molecule has 0 aromatic heterocycles. The van der Waals surface area contributed by atoms with Gasteiger partial charge in [0.25, 0.3) is 0 Å². The highest BCUT2D eigenvalue weighted by molar-refractivity contribution is 5.84. The Labute approximate surface area is 119 Å². The van der Waals surface area contributed by atoms with Gasteiger partial charge in [0.1, 0.15) is 6.04 Å². The van der Waals surface area contributed by atoms with Crippen molar-refractivity contribution in [2.45, 2.75) is 38.6 Å². The predicted octanol–water partition coefficient (Wildman–Crippen LogP) is 2.33. The van der Waals surface area contributed by atoms with Crippen LogP contribution in [0.3, 0.4) is 0 Å². The number of likely N-dealkylation sites (tertiary alicyclic amines) is 1. The van der Waals surface area contributed by atoms with Crippen LogP contribution in [-0.4, -0.2) is 34.5 Å². The summed E-state index contributed by atoms with van der Waals surface area (Å²) in [6.07, 6.45) is 2.80. The molecule has 4 heteroatoms. The Hall–Kier alpha value is -1.84. The van der Waals surface area contributed by atoms with Gasteiger partial charge in [-0.2, -0.15) is 0 Å². The second kappa shape index (κ2) is 6.55. The monoisotopic (exact) mass is 275 g/mol. The minimum absolute atomic E-state index is 0.0296. The number of amides is 1. The standard InChI is InChI=1S/C16H21NO3/c1-12-6-5-11-17(15(12)16(19)20)14(18)10-9-13-7-3-2-4-8-13/h2-4,7-8,12,15H,5-6,9-11H2,1H3,(H,19,20). The van der Waals surface area contributed by atoms with Crippen molar-refractivity contribution in [3.63, 3.8) is 0 Å². The number of benzene rings is 1. The summed E-state index contributed by atoms with van der Waals surface area (Å²) in [6, 6.07) is 9.15. The fourth-order valence-corrected chi connectivity index (χ4v) is 2.88. The molecule has 2 rings (SSSR count). The van der Waals surface area contributed by atoms with Crippen LogP contribution in [0.25, 0.3) is 0 Å². The number of carboxylic acids is 1. The smallest absolute Gasteiger partial charge is 0.326 e. The summed E-state index contributed by atoms with van der Waals surface area (Å²) in [7, 11) is 0. The van der Waals surface area contributed by atoms with Crippen LogP contribution < -0.4 is 0 Å². The van der Waals surface area contributed by atoms with Gasteiger partial charge < -0.3 is 10.0 Å². The molecule has 0 aliphatic carbocycles. The average Bonchev–Trinajstić information content (AvgIpc) is 2.45. The number of carboxylic acid groups (broad SMARTS) is 1. The molecule has 1 N–H and O–H groups in total. The molecule has 0 bridgehead atoms. The lowest BCUT2D eigenvalue weighted by Gasteiger charge is -2.37. The number of rotatable bonds is 4. The number of nitrogens with zero attached hydrogens (tertiary/aromatic N) is 1. The van der Waals surface area contributed by atoms with Crippen molar-refractivity contribution in [2.24, 2.45) is 5.92 Å². The molecule has 1 saturated heterocycles. The molecule has 0 radical (unpaired) electrons. The van der Waals surface area contributed by atoms with E-state index in [0.717, 1.165) is 18.4 Å². The van der Waals surface area contributed by atoms with Crippen LogP contribution in [0, 0.1) is 5.92 Å². The fourth-order valence-electron chi connectivity index (χ4n) is 2.88. The summed E-state index contributed by atoms with van der Waals surface area (Å²) in [5.41, 5.74) is 1.11. The second-order valence-electron chi connectivity index (χ2n) is 5.48. The van der Waals surface area contributed by atoms with E-state index in [-0.39, 0.29) is 11.8 Å². The highest BCUT2D eigenvalue weighted by Crippen LogP contribution is 2.24. The van der Waals surface area contributed by atoms with E-state index in [1.54, 1.807) is 4.90 Å². The molecular formula is C16H21NO3. The van der Waals surface area contributed by atoms with Crippen molar-refractivity contribution >= 4 is 11.9 Å². The summed E-state index contributed by atoms with van der Waals surface area (Å²) in [5.74, 6) is -0.903. The molecule has 1 fully saturated rings. The van der Waals surface area contributed by atoms with Crippen LogP contribution in [0.2, 0.25) is 0 Å². The second-order valence-corrected chi connectivity index (χ2v) is 5.48. The predicted molar refractivity (Wildman–Crippen MR) is 76.3 cm³/mol. The third-order valence-corrected chi connectivity index (χ3v) is 3.98. The fraction of sp³-hybridized carbons (Fsp3) is 0.500. The van der Waals surface area contributed by atoms with E-state index < -0.39 is 12.0 Å². The number of hydrogen-bond donors (Lipinski definition) is 1. The number of piperidine rings is 1. The van der Waals surface area contributed by atoms with Gasteiger partial charge in [0.2, 0.25) is 5.91 Å². The van der Waals surface area contributed by atoms with Gasteiger partial charge in [-0.3, -0.25) is 4.79 Å². The van der Waals surface area contributed by atoms with Crippen LogP contribution in [0.5, 0.6) is 0 Å². The molecule has 2 atom stereocenters. The van der Waals surface area contributed by atoms with Crippen molar-refractivity contribution < 1.29 is 14.7 Å². The number of carbonyl (C=O) groups is 2. The first kappa shape index (κ1) is 14.6. The number of aryl methyl sites for hydroxylation is 1. The Morgan fingerprint density at radius 1 is 1.30 bits per heavy atom. The normalized spacial score (nSPS) is 22.6. The summed E-state index contributed by atoms with van der Waals surface area (Å²) >= 11 is 0. The van der Waals surface area contributed by atoms with Crippen molar-refractivity contribution in [3.05, 3.63) is 35.9 Å². The lowest BCUT2D eigenvalue weighted by atomic mass is 9.90. The first-order chi connectivity index (χ1) is 9.59. The molecule has 0 spiro atoms. The molecule has 108 valence electrons. The summed E-state index contributed by atoms with van der Waals surface area (Å²) < 4.78 is 0. The maximum Gasteiger partial charge on any atom is 0.326 e. The van der Waals surface area contributed by atoms with Crippen molar-refractivity contribution in [1.29, 1.82) is 0 Å². The summed E-state index contributed by atoms with van der Waals surface area (Å²) in [6.45, 7) is 2.48. The van der Waals surface area contributed by atoms with Gasteiger partial charge in [-0.1, -0.05) is 37.3 Å². The van der Waals surface area contributed by atoms with E-state index in [1.807, 2.05) is 37.3 Å². The van der Waals surface area contributed by atoms with Gasteiger partial charge >= 0.3 is 5.97 Å². The Morgan fingerprint density at radius 3 is 2.65 bits per heavy atom. The SMILES string of the molecule is CC1CCCN(C(=O)CCc2ccccc2)C1C(=O)O. The summed E-state index contributed by atoms with van der Waals surface area (Å²) in [5, 5.41) is 9.32. The van der Waals surface area contributed by atoms with Gasteiger partial charge in [0, 0.05) is 13.0 Å². The van der Waals surface area contributed by atoms with Gasteiger partial charge in [-0.05, 0) is 30.7 Å². The van der Waals surface area contributed by atoms with Crippen molar-refractivity contribution in [2.75, 3.05) is 6.54 Å². The van der Waals surface area contributed by atoms with Crippen molar-refractivity contribution in [3.8, 4) is 0 Å². The largest absolute Gasteiger partial charge is 0.480 e. The first-order valence-electron chi connectivity index (χ1n) is 7.16. The topological polar surface area (TPSA) is 57.6 Å². The van der Waals surface area contributed by atoms with E-state index in [2.05, 4.69) is 0 Å². The molecule has 1 aliphatic rings. The quantitative estimate of drug-likeness (QED) is 0.917. The van der Waals surface area contributed by atoms with Gasteiger partial charge in [0.05, 0.1) is 0 Å². The highest BCUT2D eigenvalue weighted by Gasteiger charge is 2.36. The minimum atomic E-state index is -0.884. The Morgan fingerprint density at radius 2 is 2.00 bits per heavy atom. The molecule has 1 aromatic rings. The van der Waals surface area contributed by atoms with E-state index in [4.69, 9.17) is 0 Å². The van der Waals surface area contributed by atoms with Crippen LogP contribution in [-0.2, 0) is 16.0 Å². The van der Waals surface area contributed by atoms with Crippen LogP contribution in [0.4, 0.5) is 0 Å². The molecule has 0 saturated carbocycles.